The second-order valence-corrected chi connectivity index (χ2v) is 7.15. The Morgan fingerprint density at radius 2 is 1.62 bits per heavy atom. The molecule has 0 aliphatic heterocycles. The van der Waals surface area contributed by atoms with Crippen LogP contribution in [0.4, 0.5) is 8.78 Å². The Hall–Kier alpha value is -2.32. The van der Waals surface area contributed by atoms with Crippen LogP contribution in [0.5, 0.6) is 0 Å². The Bertz CT molecular complexity index is 859. The zero-order valence-corrected chi connectivity index (χ0v) is 15.1. The molecule has 0 unspecified atom stereocenters. The van der Waals surface area contributed by atoms with E-state index >= 15 is 0 Å². The van der Waals surface area contributed by atoms with E-state index in [4.69, 9.17) is 4.74 Å². The fourth-order valence-electron chi connectivity index (χ4n) is 2.07. The van der Waals surface area contributed by atoms with Crippen molar-refractivity contribution < 1.29 is 30.9 Å². The van der Waals surface area contributed by atoms with Gasteiger partial charge in [0.1, 0.15) is 6.61 Å². The number of alkyl halides is 2. The molecule has 2 rings (SSSR count). The van der Waals surface area contributed by atoms with Gasteiger partial charge in [0.25, 0.3) is 16.0 Å². The van der Waals surface area contributed by atoms with E-state index in [1.165, 1.54) is 24.3 Å². The summed E-state index contributed by atoms with van der Waals surface area (Å²) in [6.07, 6.45) is 0. The van der Waals surface area contributed by atoms with Crippen molar-refractivity contribution in [2.45, 2.75) is 24.7 Å². The molecule has 0 bridgehead atoms. The zero-order chi connectivity index (χ0) is 19.4. The predicted molar refractivity (Wildman–Crippen MR) is 90.6 cm³/mol. The third-order valence-corrected chi connectivity index (χ3v) is 4.80. The Morgan fingerprint density at radius 1 is 1.04 bits per heavy atom. The lowest BCUT2D eigenvalue weighted by Crippen LogP contribution is -2.24. The minimum Gasteiger partial charge on any atom is -0.462 e. The van der Waals surface area contributed by atoms with Gasteiger partial charge in [-0.25, -0.2) is 4.79 Å². The first kappa shape index (κ1) is 20.0. The number of rotatable bonds is 7. The van der Waals surface area contributed by atoms with E-state index in [1.54, 1.807) is 26.0 Å². The van der Waals surface area contributed by atoms with Crippen molar-refractivity contribution in [1.29, 1.82) is 0 Å². The molecule has 0 aliphatic rings. The van der Waals surface area contributed by atoms with Crippen molar-refractivity contribution in [3.63, 3.8) is 0 Å². The molecule has 0 radical (unpaired) electrons. The summed E-state index contributed by atoms with van der Waals surface area (Å²) in [4.78, 5) is 11.3. The van der Waals surface area contributed by atoms with Gasteiger partial charge in [-0.3, -0.25) is 4.18 Å². The first-order chi connectivity index (χ1) is 12.2. The molecule has 0 spiro atoms. The predicted octanol–water partition coefficient (Wildman–Crippen LogP) is 3.67. The molecule has 0 aromatic heterocycles. The molecule has 0 fully saturated rings. The molecule has 0 aliphatic carbocycles. The molecule has 26 heavy (non-hydrogen) atoms. The molecule has 0 saturated heterocycles. The molecule has 0 atom stereocenters. The van der Waals surface area contributed by atoms with Crippen LogP contribution in [0.15, 0.2) is 53.4 Å². The molecule has 0 saturated carbocycles. The van der Waals surface area contributed by atoms with Crippen molar-refractivity contribution in [3.05, 3.63) is 65.2 Å². The van der Waals surface area contributed by atoms with Crippen molar-refractivity contribution in [2.24, 2.45) is 0 Å². The second-order valence-electron chi connectivity index (χ2n) is 5.53. The molecular formula is C18H18F2O5S. The summed E-state index contributed by atoms with van der Waals surface area (Å²) >= 11 is 0. The summed E-state index contributed by atoms with van der Waals surface area (Å²) in [5.74, 6) is -4.18. The topological polar surface area (TPSA) is 69.7 Å². The van der Waals surface area contributed by atoms with Crippen molar-refractivity contribution in [3.8, 4) is 0 Å². The Kier molecular flexibility index (Phi) is 6.09. The fourth-order valence-corrected chi connectivity index (χ4v) is 2.98. The van der Waals surface area contributed by atoms with Gasteiger partial charge >= 0.3 is 5.97 Å². The van der Waals surface area contributed by atoms with E-state index in [0.717, 1.165) is 17.7 Å². The van der Waals surface area contributed by atoms with Gasteiger partial charge in [-0.15, -0.1) is 0 Å². The number of esters is 1. The highest BCUT2D eigenvalue weighted by Gasteiger charge is 2.34. The molecule has 140 valence electrons. The lowest BCUT2D eigenvalue weighted by molar-refractivity contribution is -0.0450. The Morgan fingerprint density at radius 3 is 2.15 bits per heavy atom. The smallest absolute Gasteiger partial charge is 0.338 e. The molecule has 2 aromatic carbocycles. The molecule has 5 nitrogen and oxygen atoms in total. The fraction of sp³-hybridized carbons (Fsp3) is 0.278. The average Bonchev–Trinajstić information content (AvgIpc) is 2.61. The van der Waals surface area contributed by atoms with E-state index in [-0.39, 0.29) is 17.1 Å². The minimum atomic E-state index is -4.30. The van der Waals surface area contributed by atoms with E-state index in [1.807, 2.05) is 0 Å². The summed E-state index contributed by atoms with van der Waals surface area (Å²) < 4.78 is 61.8. The number of hydrogen-bond donors (Lipinski definition) is 0. The van der Waals surface area contributed by atoms with Crippen LogP contribution in [-0.2, 0) is 25.0 Å². The van der Waals surface area contributed by atoms with Gasteiger partial charge < -0.3 is 4.74 Å². The number of aryl methyl sites for hydroxylation is 1. The third kappa shape index (κ3) is 4.86. The maximum Gasteiger partial charge on any atom is 0.338 e. The molecular weight excluding hydrogens is 366 g/mol. The average molecular weight is 384 g/mol. The minimum absolute atomic E-state index is 0.125. The van der Waals surface area contributed by atoms with Crippen LogP contribution < -0.4 is 0 Å². The third-order valence-electron chi connectivity index (χ3n) is 3.52. The standard InChI is InChI=1S/C18H18F2O5S/c1-3-24-17(21)14-6-8-15(9-7-14)18(19,20)12-25-26(22,23)16-10-4-13(2)5-11-16/h4-11H,3,12H2,1-2H3. The van der Waals surface area contributed by atoms with E-state index < -0.39 is 34.2 Å². The van der Waals surface area contributed by atoms with Gasteiger partial charge in [-0.05, 0) is 38.1 Å². The summed E-state index contributed by atoms with van der Waals surface area (Å²) in [6.45, 7) is 2.22. The second kappa shape index (κ2) is 7.92. The number of ether oxygens (including phenoxy) is 1. The number of carbonyl (C=O) groups is 1. The molecule has 0 heterocycles. The van der Waals surface area contributed by atoms with Crippen molar-refractivity contribution >= 4 is 16.1 Å². The molecule has 8 heteroatoms. The van der Waals surface area contributed by atoms with Crippen LogP contribution in [0.3, 0.4) is 0 Å². The van der Waals surface area contributed by atoms with Crippen LogP contribution in [-0.4, -0.2) is 27.6 Å². The van der Waals surface area contributed by atoms with Crippen molar-refractivity contribution in [2.75, 3.05) is 13.2 Å². The van der Waals surface area contributed by atoms with Gasteiger partial charge in [0.15, 0.2) is 0 Å². The SMILES string of the molecule is CCOC(=O)c1ccc(C(F)(F)COS(=O)(=O)c2ccc(C)cc2)cc1. The van der Waals surface area contributed by atoms with Crippen LogP contribution >= 0.6 is 0 Å². The van der Waals surface area contributed by atoms with E-state index in [2.05, 4.69) is 4.18 Å². The van der Waals surface area contributed by atoms with E-state index in [9.17, 15) is 22.0 Å². The number of benzene rings is 2. The Labute approximate surface area is 150 Å². The van der Waals surface area contributed by atoms with Gasteiger partial charge in [0.05, 0.1) is 17.1 Å². The monoisotopic (exact) mass is 384 g/mol. The number of carbonyl (C=O) groups excluding carboxylic acids is 1. The summed E-state index contributed by atoms with van der Waals surface area (Å²) in [5.41, 5.74) is 0.486. The number of hydrogen-bond acceptors (Lipinski definition) is 5. The summed E-state index contributed by atoms with van der Waals surface area (Å²) in [5, 5.41) is 0. The highest BCUT2D eigenvalue weighted by Crippen LogP contribution is 2.30. The molecule has 0 amide bonds. The number of halogens is 2. The lowest BCUT2D eigenvalue weighted by Gasteiger charge is -2.17. The lowest BCUT2D eigenvalue weighted by atomic mass is 10.1. The summed E-state index contributed by atoms with van der Waals surface area (Å²) in [6, 6.07) is 10.1. The van der Waals surface area contributed by atoms with Gasteiger partial charge in [-0.2, -0.15) is 17.2 Å². The molecule has 2 aromatic rings. The van der Waals surface area contributed by atoms with Gasteiger partial charge in [0, 0.05) is 5.56 Å². The highest BCUT2D eigenvalue weighted by molar-refractivity contribution is 7.86. The van der Waals surface area contributed by atoms with Crippen LogP contribution in [0.1, 0.15) is 28.4 Å². The van der Waals surface area contributed by atoms with Gasteiger partial charge in [0.2, 0.25) is 0 Å². The quantitative estimate of drug-likeness (QED) is 0.538. The van der Waals surface area contributed by atoms with Crippen molar-refractivity contribution in [1.82, 2.24) is 0 Å². The summed E-state index contributed by atoms with van der Waals surface area (Å²) in [7, 11) is -4.30. The first-order valence-corrected chi connectivity index (χ1v) is 9.18. The maximum absolute atomic E-state index is 14.2. The first-order valence-electron chi connectivity index (χ1n) is 7.77. The van der Waals surface area contributed by atoms with E-state index in [0.29, 0.717) is 0 Å². The Balaban J connectivity index is 2.10. The molecule has 0 N–H and O–H groups in total. The normalized spacial score (nSPS) is 12.0. The van der Waals surface area contributed by atoms with Gasteiger partial charge in [-0.1, -0.05) is 29.8 Å². The van der Waals surface area contributed by atoms with Crippen LogP contribution in [0.25, 0.3) is 0 Å². The highest BCUT2D eigenvalue weighted by atomic mass is 32.2. The van der Waals surface area contributed by atoms with Crippen LogP contribution in [0.2, 0.25) is 0 Å². The van der Waals surface area contributed by atoms with Crippen LogP contribution in [0, 0.1) is 6.92 Å². The zero-order valence-electron chi connectivity index (χ0n) is 14.2. The maximum atomic E-state index is 14.2. The largest absolute Gasteiger partial charge is 0.462 e.